The first-order chi connectivity index (χ1) is 6.99. The highest BCUT2D eigenvalue weighted by Crippen LogP contribution is 2.39. The van der Waals surface area contributed by atoms with Crippen molar-refractivity contribution >= 4 is 38.4 Å². The van der Waals surface area contributed by atoms with E-state index in [1.54, 1.807) is 0 Å². The van der Waals surface area contributed by atoms with Crippen molar-refractivity contribution < 1.29 is 28.7 Å². The molecule has 98 valence electrons. The van der Waals surface area contributed by atoms with Gasteiger partial charge in [-0.05, 0) is 12.8 Å². The summed E-state index contributed by atoms with van der Waals surface area (Å²) in [4.78, 5) is 34.4. The summed E-state index contributed by atoms with van der Waals surface area (Å²) in [6.07, 6.45) is -0.538. The molecule has 6 nitrogen and oxygen atoms in total. The Morgan fingerprint density at radius 1 is 0.812 bits per heavy atom. The summed E-state index contributed by atoms with van der Waals surface area (Å²) in [5.74, 6) is 0. The van der Waals surface area contributed by atoms with E-state index in [-0.39, 0.29) is 12.8 Å². The van der Waals surface area contributed by atoms with Crippen LogP contribution in [0.5, 0.6) is 0 Å². The highest BCUT2D eigenvalue weighted by Gasteiger charge is 2.23. The number of alkyl halides is 2. The Balaban J connectivity index is 3.88. The molecule has 0 aromatic rings. The monoisotopic (exact) mass is 314 g/mol. The first-order valence-electron chi connectivity index (χ1n) is 4.37. The van der Waals surface area contributed by atoms with Gasteiger partial charge < -0.3 is 19.6 Å². The van der Waals surface area contributed by atoms with Crippen molar-refractivity contribution in [2.24, 2.45) is 0 Å². The third-order valence-electron chi connectivity index (χ3n) is 1.67. The Bertz CT molecular complexity index is 269. The minimum Gasteiger partial charge on any atom is -0.324 e. The van der Waals surface area contributed by atoms with Crippen LogP contribution in [-0.4, -0.2) is 42.7 Å². The Hall–Kier alpha value is 0.880. The molecular weight excluding hydrogens is 301 g/mol. The topological polar surface area (TPSA) is 115 Å². The second kappa shape index (κ2) is 6.72. The summed E-state index contributed by atoms with van der Waals surface area (Å²) in [6, 6.07) is 0. The molecule has 0 spiro atoms. The van der Waals surface area contributed by atoms with E-state index in [0.717, 1.165) is 0 Å². The van der Waals surface area contributed by atoms with Crippen molar-refractivity contribution in [3.63, 3.8) is 0 Å². The van der Waals surface area contributed by atoms with Crippen LogP contribution in [0.4, 0.5) is 0 Å². The van der Waals surface area contributed by atoms with Crippen LogP contribution in [-0.2, 0) is 9.13 Å². The van der Waals surface area contributed by atoms with Gasteiger partial charge in [0.1, 0.15) is 0 Å². The second-order valence-electron chi connectivity index (χ2n) is 3.47. The Labute approximate surface area is 103 Å². The van der Waals surface area contributed by atoms with Crippen LogP contribution >= 0.6 is 38.4 Å². The maximum Gasteiger partial charge on any atom is 0.327 e. The lowest BCUT2D eigenvalue weighted by Gasteiger charge is -2.14. The normalized spacial score (nSPS) is 17.1. The number of hydrogen-bond donors (Lipinski definition) is 4. The number of halogens is 2. The molecular formula is C6H14Cl2O6P2. The third-order valence-corrected chi connectivity index (χ3v) is 4.67. The molecule has 0 amide bonds. The van der Waals surface area contributed by atoms with Gasteiger partial charge in [0, 0.05) is 10.8 Å². The van der Waals surface area contributed by atoms with Crippen LogP contribution in [0.25, 0.3) is 0 Å². The molecule has 0 bridgehead atoms. The van der Waals surface area contributed by atoms with Crippen molar-refractivity contribution in [3.8, 4) is 0 Å². The molecule has 2 unspecified atom stereocenters. The molecule has 0 aliphatic rings. The van der Waals surface area contributed by atoms with Gasteiger partial charge in [-0.1, -0.05) is 0 Å². The van der Waals surface area contributed by atoms with Gasteiger partial charge in [-0.25, -0.2) is 0 Å². The molecule has 10 heteroatoms. The lowest BCUT2D eigenvalue weighted by molar-refractivity contribution is 0.366. The van der Waals surface area contributed by atoms with Crippen LogP contribution in [0.2, 0.25) is 0 Å². The van der Waals surface area contributed by atoms with Crippen molar-refractivity contribution in [1.29, 1.82) is 0 Å². The highest BCUT2D eigenvalue weighted by atomic mass is 35.5. The first-order valence-corrected chi connectivity index (χ1v) is 8.84. The van der Waals surface area contributed by atoms with E-state index in [0.29, 0.717) is 0 Å². The zero-order valence-corrected chi connectivity index (χ0v) is 11.5. The van der Waals surface area contributed by atoms with Gasteiger partial charge in [0.15, 0.2) is 0 Å². The molecule has 4 N–H and O–H groups in total. The molecule has 16 heavy (non-hydrogen) atoms. The zero-order chi connectivity index (χ0) is 13.0. The minimum absolute atomic E-state index is 0.195. The van der Waals surface area contributed by atoms with E-state index in [2.05, 4.69) is 0 Å². The highest BCUT2D eigenvalue weighted by molar-refractivity contribution is 7.52. The molecule has 0 aromatic heterocycles. The van der Waals surface area contributed by atoms with Crippen molar-refractivity contribution in [1.82, 2.24) is 0 Å². The predicted octanol–water partition coefficient (Wildman–Crippen LogP) is 1.34. The fourth-order valence-electron chi connectivity index (χ4n) is 1.06. The third kappa shape index (κ3) is 11.4. The summed E-state index contributed by atoms with van der Waals surface area (Å²) in [5.41, 5.74) is 0. The largest absolute Gasteiger partial charge is 0.327 e. The fourth-order valence-corrected chi connectivity index (χ4v) is 3.79. The van der Waals surface area contributed by atoms with Gasteiger partial charge in [0.25, 0.3) is 0 Å². The molecule has 0 rings (SSSR count). The second-order valence-corrected chi connectivity index (χ2v) is 8.09. The Kier molecular flexibility index (Phi) is 7.09. The SMILES string of the molecule is O=P(O)(O)CC(Cl)CCC(Cl)CP(=O)(O)O. The van der Waals surface area contributed by atoms with Crippen molar-refractivity contribution in [2.75, 3.05) is 12.3 Å². The van der Waals surface area contributed by atoms with Crippen molar-refractivity contribution in [2.45, 2.75) is 23.6 Å². The number of rotatable bonds is 7. The van der Waals surface area contributed by atoms with Gasteiger partial charge in [0.2, 0.25) is 0 Å². The Morgan fingerprint density at radius 3 is 1.25 bits per heavy atom. The molecule has 0 aromatic carbocycles. The van der Waals surface area contributed by atoms with Crippen LogP contribution in [0.15, 0.2) is 0 Å². The maximum absolute atomic E-state index is 10.6. The van der Waals surface area contributed by atoms with Crippen LogP contribution in [0.3, 0.4) is 0 Å². The fraction of sp³-hybridized carbons (Fsp3) is 1.00. The van der Waals surface area contributed by atoms with Gasteiger partial charge in [-0.2, -0.15) is 0 Å². The average molecular weight is 315 g/mol. The molecule has 0 heterocycles. The molecule has 0 fully saturated rings. The van der Waals surface area contributed by atoms with Gasteiger partial charge in [-0.3, -0.25) is 9.13 Å². The van der Waals surface area contributed by atoms with Gasteiger partial charge in [0.05, 0.1) is 12.3 Å². The van der Waals surface area contributed by atoms with E-state index in [1.807, 2.05) is 0 Å². The van der Waals surface area contributed by atoms with E-state index in [1.165, 1.54) is 0 Å². The van der Waals surface area contributed by atoms with E-state index >= 15 is 0 Å². The van der Waals surface area contributed by atoms with Crippen molar-refractivity contribution in [3.05, 3.63) is 0 Å². The molecule has 0 aliphatic carbocycles. The van der Waals surface area contributed by atoms with E-state index in [9.17, 15) is 9.13 Å². The Morgan fingerprint density at radius 2 is 1.06 bits per heavy atom. The lowest BCUT2D eigenvalue weighted by Crippen LogP contribution is -2.12. The van der Waals surface area contributed by atoms with E-state index in [4.69, 9.17) is 42.8 Å². The van der Waals surface area contributed by atoms with Crippen LogP contribution in [0, 0.1) is 0 Å². The van der Waals surface area contributed by atoms with Crippen LogP contribution < -0.4 is 0 Å². The molecule has 0 aliphatic heterocycles. The molecule has 0 saturated carbocycles. The summed E-state index contributed by atoms with van der Waals surface area (Å²) < 4.78 is 21.1. The lowest BCUT2D eigenvalue weighted by atomic mass is 10.2. The number of hydrogen-bond acceptors (Lipinski definition) is 2. The minimum atomic E-state index is -4.15. The molecule has 2 atom stereocenters. The predicted molar refractivity (Wildman–Crippen MR) is 62.3 cm³/mol. The van der Waals surface area contributed by atoms with E-state index < -0.39 is 38.3 Å². The summed E-state index contributed by atoms with van der Waals surface area (Å²) in [7, 11) is -8.30. The van der Waals surface area contributed by atoms with Gasteiger partial charge >= 0.3 is 15.2 Å². The quantitative estimate of drug-likeness (QED) is 0.416. The average Bonchev–Trinajstić information content (AvgIpc) is 1.94. The van der Waals surface area contributed by atoms with Gasteiger partial charge in [-0.15, -0.1) is 23.2 Å². The summed E-state index contributed by atoms with van der Waals surface area (Å²) >= 11 is 11.3. The zero-order valence-electron chi connectivity index (χ0n) is 8.24. The smallest absolute Gasteiger partial charge is 0.324 e. The molecule has 0 radical (unpaired) electrons. The standard InChI is InChI=1S/C6H14Cl2O6P2/c7-5(3-15(9,10)11)1-2-6(8)4-16(12,13)14/h5-6H,1-4H2,(H2,9,10,11)(H2,12,13,14). The molecule has 0 saturated heterocycles. The summed E-state index contributed by atoms with van der Waals surface area (Å²) in [5, 5.41) is -1.50. The first kappa shape index (κ1) is 16.9. The maximum atomic E-state index is 10.6. The van der Waals surface area contributed by atoms with Crippen LogP contribution in [0.1, 0.15) is 12.8 Å². The summed E-state index contributed by atoms with van der Waals surface area (Å²) in [6.45, 7) is 0.